The second-order valence-electron chi connectivity index (χ2n) is 5.65. The Morgan fingerprint density at radius 2 is 2.13 bits per heavy atom. The first kappa shape index (κ1) is 19.2. The summed E-state index contributed by atoms with van der Waals surface area (Å²) in [5, 5.41) is 17.2. The average molecular weight is 344 g/mol. The van der Waals surface area contributed by atoms with Crippen molar-refractivity contribution in [1.82, 2.24) is 10.6 Å². The first-order valence-electron chi connectivity index (χ1n) is 7.30. The van der Waals surface area contributed by atoms with Crippen LogP contribution in [-0.2, 0) is 0 Å². The molecule has 0 radical (unpaired) electrons. The van der Waals surface area contributed by atoms with E-state index >= 15 is 0 Å². The number of piperidine rings is 1. The highest BCUT2D eigenvalue weighted by molar-refractivity contribution is 5.95. The van der Waals surface area contributed by atoms with Gasteiger partial charge < -0.3 is 15.4 Å². The quantitative estimate of drug-likeness (QED) is 0.645. The molecular formula is C15H22ClN3O4. The van der Waals surface area contributed by atoms with Crippen molar-refractivity contribution in [2.24, 2.45) is 5.92 Å². The van der Waals surface area contributed by atoms with Gasteiger partial charge in [-0.3, -0.25) is 14.9 Å². The highest BCUT2D eigenvalue weighted by atomic mass is 35.5. The summed E-state index contributed by atoms with van der Waals surface area (Å²) in [7, 11) is 1.35. The standard InChI is InChI=1S/C15H21N3O4.ClH/c1-9-6-7-16-10(2)14(9)17-15(19)11-4-5-12(18(20)21)13(8-11)22-3;/h4-5,8-10,14,16H,6-7H2,1-3H3,(H,17,19);1H. The number of ether oxygens (including phenoxy) is 1. The maximum atomic E-state index is 12.4. The minimum atomic E-state index is -0.532. The lowest BCUT2D eigenvalue weighted by molar-refractivity contribution is -0.385. The Kier molecular flexibility index (Phi) is 6.78. The van der Waals surface area contributed by atoms with Gasteiger partial charge in [0, 0.05) is 29.8 Å². The molecule has 23 heavy (non-hydrogen) atoms. The van der Waals surface area contributed by atoms with Crippen molar-refractivity contribution in [2.45, 2.75) is 32.4 Å². The highest BCUT2D eigenvalue weighted by Crippen LogP contribution is 2.27. The predicted octanol–water partition coefficient (Wildman–Crippen LogP) is 2.14. The molecule has 1 saturated heterocycles. The molecule has 1 aliphatic heterocycles. The van der Waals surface area contributed by atoms with Crippen molar-refractivity contribution < 1.29 is 14.5 Å². The molecule has 1 aromatic rings. The van der Waals surface area contributed by atoms with Crippen molar-refractivity contribution in [3.8, 4) is 5.75 Å². The monoisotopic (exact) mass is 343 g/mol. The van der Waals surface area contributed by atoms with Crippen molar-refractivity contribution in [3.05, 3.63) is 33.9 Å². The molecule has 128 valence electrons. The van der Waals surface area contributed by atoms with Crippen LogP contribution in [0, 0.1) is 16.0 Å². The summed E-state index contributed by atoms with van der Waals surface area (Å²) in [6.07, 6.45) is 0.999. The van der Waals surface area contributed by atoms with Crippen LogP contribution >= 0.6 is 12.4 Å². The Morgan fingerprint density at radius 3 is 2.70 bits per heavy atom. The molecule has 0 aromatic heterocycles. The molecule has 8 heteroatoms. The fraction of sp³-hybridized carbons (Fsp3) is 0.533. The Balaban J connectivity index is 0.00000264. The van der Waals surface area contributed by atoms with Gasteiger partial charge in [0.25, 0.3) is 5.91 Å². The van der Waals surface area contributed by atoms with Crippen LogP contribution in [-0.4, -0.2) is 36.6 Å². The SMILES string of the molecule is COc1cc(C(=O)NC2C(C)CCNC2C)ccc1[N+](=O)[O-].Cl. The van der Waals surface area contributed by atoms with E-state index in [-0.39, 0.29) is 41.8 Å². The van der Waals surface area contributed by atoms with Gasteiger partial charge in [-0.25, -0.2) is 0 Å². The normalized spacial score (nSPS) is 23.5. The minimum Gasteiger partial charge on any atom is -0.490 e. The number of nitrogens with zero attached hydrogens (tertiary/aromatic N) is 1. The predicted molar refractivity (Wildman–Crippen MR) is 89.4 cm³/mol. The van der Waals surface area contributed by atoms with Crippen molar-refractivity contribution in [3.63, 3.8) is 0 Å². The van der Waals surface area contributed by atoms with Crippen LogP contribution in [0.5, 0.6) is 5.75 Å². The molecule has 3 atom stereocenters. The second-order valence-corrected chi connectivity index (χ2v) is 5.65. The third-order valence-electron chi connectivity index (χ3n) is 4.15. The molecule has 2 rings (SSSR count). The smallest absolute Gasteiger partial charge is 0.310 e. The number of rotatable bonds is 4. The molecule has 7 nitrogen and oxygen atoms in total. The zero-order valence-electron chi connectivity index (χ0n) is 13.4. The number of hydrogen-bond acceptors (Lipinski definition) is 5. The van der Waals surface area contributed by atoms with Gasteiger partial charge in [0.05, 0.1) is 12.0 Å². The van der Waals surface area contributed by atoms with E-state index in [1.54, 1.807) is 0 Å². The molecule has 0 bridgehead atoms. The lowest BCUT2D eigenvalue weighted by Gasteiger charge is -2.36. The average Bonchev–Trinajstić information content (AvgIpc) is 2.50. The number of benzene rings is 1. The molecule has 0 saturated carbocycles. The summed E-state index contributed by atoms with van der Waals surface area (Å²) in [5.74, 6) is 0.209. The van der Waals surface area contributed by atoms with Gasteiger partial charge in [-0.15, -0.1) is 12.4 Å². The topological polar surface area (TPSA) is 93.5 Å². The number of nitro benzene ring substituents is 1. The maximum Gasteiger partial charge on any atom is 0.310 e. The highest BCUT2D eigenvalue weighted by Gasteiger charge is 2.29. The van der Waals surface area contributed by atoms with Gasteiger partial charge in [0.15, 0.2) is 5.75 Å². The number of methoxy groups -OCH3 is 1. The van der Waals surface area contributed by atoms with Crippen LogP contribution in [0.1, 0.15) is 30.6 Å². The molecule has 1 fully saturated rings. The zero-order valence-corrected chi connectivity index (χ0v) is 14.2. The number of amides is 1. The van der Waals surface area contributed by atoms with Gasteiger partial charge >= 0.3 is 5.69 Å². The minimum absolute atomic E-state index is 0. The Hall–Kier alpha value is -1.86. The number of nitrogens with one attached hydrogen (secondary N) is 2. The van der Waals surface area contributed by atoms with Crippen LogP contribution in [0.2, 0.25) is 0 Å². The second kappa shape index (κ2) is 8.12. The van der Waals surface area contributed by atoms with Gasteiger partial charge in [-0.1, -0.05) is 6.92 Å². The number of hydrogen-bond donors (Lipinski definition) is 2. The van der Waals surface area contributed by atoms with Crippen molar-refractivity contribution in [1.29, 1.82) is 0 Å². The summed E-state index contributed by atoms with van der Waals surface area (Å²) >= 11 is 0. The van der Waals surface area contributed by atoms with E-state index in [0.717, 1.165) is 13.0 Å². The molecule has 0 spiro atoms. The molecule has 1 heterocycles. The van der Waals surface area contributed by atoms with E-state index in [9.17, 15) is 14.9 Å². The van der Waals surface area contributed by atoms with Crippen LogP contribution in [0.4, 0.5) is 5.69 Å². The van der Waals surface area contributed by atoms with Crippen molar-refractivity contribution in [2.75, 3.05) is 13.7 Å². The van der Waals surface area contributed by atoms with Crippen LogP contribution in [0.3, 0.4) is 0 Å². The number of halogens is 1. The number of carbonyl (C=O) groups is 1. The lowest BCUT2D eigenvalue weighted by atomic mass is 9.89. The van der Waals surface area contributed by atoms with E-state index in [2.05, 4.69) is 17.6 Å². The third-order valence-corrected chi connectivity index (χ3v) is 4.15. The molecule has 1 amide bonds. The zero-order chi connectivity index (χ0) is 16.3. The first-order chi connectivity index (χ1) is 10.4. The summed E-state index contributed by atoms with van der Waals surface area (Å²) < 4.78 is 5.00. The van der Waals surface area contributed by atoms with E-state index in [4.69, 9.17) is 4.74 Å². The summed E-state index contributed by atoms with van der Waals surface area (Å²) in [6.45, 7) is 5.09. The summed E-state index contributed by atoms with van der Waals surface area (Å²) in [6, 6.07) is 4.36. The van der Waals surface area contributed by atoms with Gasteiger partial charge in [-0.2, -0.15) is 0 Å². The lowest BCUT2D eigenvalue weighted by Crippen LogP contribution is -2.55. The van der Waals surface area contributed by atoms with E-state index in [1.165, 1.54) is 25.3 Å². The van der Waals surface area contributed by atoms with E-state index in [1.807, 2.05) is 6.92 Å². The number of carbonyl (C=O) groups excluding carboxylic acids is 1. The molecule has 1 aliphatic rings. The van der Waals surface area contributed by atoms with Gasteiger partial charge in [-0.05, 0) is 31.9 Å². The maximum absolute atomic E-state index is 12.4. The van der Waals surface area contributed by atoms with Crippen molar-refractivity contribution >= 4 is 24.0 Å². The molecular weight excluding hydrogens is 322 g/mol. The van der Waals surface area contributed by atoms with Gasteiger partial charge in [0.1, 0.15) is 0 Å². The number of nitro groups is 1. The van der Waals surface area contributed by atoms with Crippen LogP contribution in [0.15, 0.2) is 18.2 Å². The molecule has 3 unspecified atom stereocenters. The Labute approximate surface area is 141 Å². The Bertz CT molecular complexity index is 572. The first-order valence-corrected chi connectivity index (χ1v) is 7.30. The fourth-order valence-electron chi connectivity index (χ4n) is 2.81. The van der Waals surface area contributed by atoms with E-state index in [0.29, 0.717) is 11.5 Å². The molecule has 1 aromatic carbocycles. The summed E-state index contributed by atoms with van der Waals surface area (Å²) in [4.78, 5) is 22.7. The Morgan fingerprint density at radius 1 is 1.43 bits per heavy atom. The van der Waals surface area contributed by atoms with Crippen LogP contribution < -0.4 is 15.4 Å². The van der Waals surface area contributed by atoms with Gasteiger partial charge in [0.2, 0.25) is 0 Å². The van der Waals surface area contributed by atoms with Crippen LogP contribution in [0.25, 0.3) is 0 Å². The third kappa shape index (κ3) is 4.33. The fourth-order valence-corrected chi connectivity index (χ4v) is 2.81. The molecule has 0 aliphatic carbocycles. The molecule has 2 N–H and O–H groups in total. The van der Waals surface area contributed by atoms with E-state index < -0.39 is 4.92 Å². The largest absolute Gasteiger partial charge is 0.490 e. The summed E-state index contributed by atoms with van der Waals surface area (Å²) in [5.41, 5.74) is 0.201.